The number of hydrogen-bond acceptors (Lipinski definition) is 4. The van der Waals surface area contributed by atoms with Crippen molar-refractivity contribution in [2.24, 2.45) is 0 Å². The summed E-state index contributed by atoms with van der Waals surface area (Å²) in [5.74, 6) is -1.45. The number of nitrogens with zero attached hydrogens (tertiary/aromatic N) is 2. The minimum Gasteiger partial charge on any atom is -0.352 e. The van der Waals surface area contributed by atoms with Gasteiger partial charge < -0.3 is 10.2 Å². The first-order valence-corrected chi connectivity index (χ1v) is 13.8. The highest BCUT2D eigenvalue weighted by atomic mass is 79.9. The van der Waals surface area contributed by atoms with Crippen molar-refractivity contribution >= 4 is 43.5 Å². The third-order valence-corrected chi connectivity index (χ3v) is 7.63. The number of carbonyl (C=O) groups is 2. The van der Waals surface area contributed by atoms with Crippen LogP contribution < -0.4 is 9.62 Å². The molecule has 0 spiro atoms. The molecular formula is C24H29BrFN3O4S. The van der Waals surface area contributed by atoms with Crippen molar-refractivity contribution in [2.45, 2.75) is 51.2 Å². The van der Waals surface area contributed by atoms with Crippen molar-refractivity contribution in [1.29, 1.82) is 0 Å². The van der Waals surface area contributed by atoms with E-state index in [4.69, 9.17) is 0 Å². The molecule has 2 aromatic rings. The SMILES string of the molecule is CC(C(=O)NC1CCCC1)N(Cc1ccccc1F)C(=O)CN(c1ccc(Br)cc1)S(C)(=O)=O. The maximum atomic E-state index is 14.4. The molecule has 1 fully saturated rings. The van der Waals surface area contributed by atoms with E-state index in [1.807, 2.05) is 0 Å². The molecule has 2 amide bonds. The molecule has 184 valence electrons. The van der Waals surface area contributed by atoms with Crippen LogP contribution in [0.2, 0.25) is 0 Å². The monoisotopic (exact) mass is 553 g/mol. The summed E-state index contributed by atoms with van der Waals surface area (Å²) in [6, 6.07) is 11.7. The lowest BCUT2D eigenvalue weighted by atomic mass is 10.1. The van der Waals surface area contributed by atoms with E-state index in [-0.39, 0.29) is 24.1 Å². The first-order chi connectivity index (χ1) is 16.1. The van der Waals surface area contributed by atoms with Crippen molar-refractivity contribution < 1.29 is 22.4 Å². The Hall–Kier alpha value is -2.46. The van der Waals surface area contributed by atoms with Crippen LogP contribution in [0.5, 0.6) is 0 Å². The van der Waals surface area contributed by atoms with E-state index in [1.165, 1.54) is 11.0 Å². The predicted molar refractivity (Wildman–Crippen MR) is 133 cm³/mol. The first-order valence-electron chi connectivity index (χ1n) is 11.1. The summed E-state index contributed by atoms with van der Waals surface area (Å²) in [5, 5.41) is 2.97. The molecule has 1 atom stereocenters. The van der Waals surface area contributed by atoms with Gasteiger partial charge in [-0.1, -0.05) is 47.0 Å². The van der Waals surface area contributed by atoms with Gasteiger partial charge in [-0.15, -0.1) is 0 Å². The van der Waals surface area contributed by atoms with Crippen LogP contribution in [-0.2, 0) is 26.2 Å². The maximum Gasteiger partial charge on any atom is 0.244 e. The Bertz CT molecular complexity index is 1120. The summed E-state index contributed by atoms with van der Waals surface area (Å²) in [6.45, 7) is 0.895. The van der Waals surface area contributed by atoms with Crippen LogP contribution in [0, 0.1) is 5.82 Å². The first kappa shape index (κ1) is 26.2. The highest BCUT2D eigenvalue weighted by molar-refractivity contribution is 9.10. The van der Waals surface area contributed by atoms with Gasteiger partial charge in [0.15, 0.2) is 0 Å². The van der Waals surface area contributed by atoms with Crippen LogP contribution in [0.1, 0.15) is 38.2 Å². The van der Waals surface area contributed by atoms with Gasteiger partial charge in [0, 0.05) is 22.6 Å². The van der Waals surface area contributed by atoms with Crippen molar-refractivity contribution in [1.82, 2.24) is 10.2 Å². The normalized spacial score (nSPS) is 15.1. The van der Waals surface area contributed by atoms with Gasteiger partial charge in [-0.2, -0.15) is 0 Å². The maximum absolute atomic E-state index is 14.4. The van der Waals surface area contributed by atoms with Crippen LogP contribution in [0.3, 0.4) is 0 Å². The molecule has 7 nitrogen and oxygen atoms in total. The fourth-order valence-corrected chi connectivity index (χ4v) is 5.12. The number of sulfonamides is 1. The van der Waals surface area contributed by atoms with E-state index in [1.54, 1.807) is 49.4 Å². The minimum atomic E-state index is -3.81. The average molecular weight is 554 g/mol. The number of carbonyl (C=O) groups excluding carboxylic acids is 2. The summed E-state index contributed by atoms with van der Waals surface area (Å²) in [4.78, 5) is 27.7. The molecule has 0 heterocycles. The van der Waals surface area contributed by atoms with Crippen LogP contribution in [0.25, 0.3) is 0 Å². The van der Waals surface area contributed by atoms with Crippen molar-refractivity contribution in [3.63, 3.8) is 0 Å². The van der Waals surface area contributed by atoms with Crippen LogP contribution in [-0.4, -0.2) is 50.0 Å². The van der Waals surface area contributed by atoms with Gasteiger partial charge in [-0.25, -0.2) is 12.8 Å². The largest absolute Gasteiger partial charge is 0.352 e. The van der Waals surface area contributed by atoms with Crippen LogP contribution in [0.4, 0.5) is 10.1 Å². The van der Waals surface area contributed by atoms with Gasteiger partial charge in [0.05, 0.1) is 11.9 Å². The minimum absolute atomic E-state index is 0.0515. The fourth-order valence-electron chi connectivity index (χ4n) is 4.01. The standard InChI is InChI=1S/C24H29BrFN3O4S/c1-17(24(31)27-20-8-4-5-9-20)28(15-18-7-3-6-10-22(18)26)23(30)16-29(34(2,32)33)21-13-11-19(25)12-14-21/h3,6-7,10-14,17,20H,4-5,8-9,15-16H2,1-2H3,(H,27,31). The summed E-state index contributed by atoms with van der Waals surface area (Å²) >= 11 is 3.31. The summed E-state index contributed by atoms with van der Waals surface area (Å²) in [5.41, 5.74) is 0.555. The molecule has 1 saturated carbocycles. The Kier molecular flexibility index (Phi) is 8.70. The zero-order valence-electron chi connectivity index (χ0n) is 19.2. The fraction of sp³-hybridized carbons (Fsp3) is 0.417. The molecule has 0 aliphatic heterocycles. The zero-order valence-corrected chi connectivity index (χ0v) is 21.6. The van der Waals surface area contributed by atoms with Gasteiger partial charge in [0.1, 0.15) is 18.4 Å². The number of benzene rings is 2. The molecule has 3 rings (SSSR count). The second kappa shape index (κ2) is 11.3. The van der Waals surface area contributed by atoms with Gasteiger partial charge >= 0.3 is 0 Å². The molecule has 1 N–H and O–H groups in total. The molecule has 0 bridgehead atoms. The van der Waals surface area contributed by atoms with Gasteiger partial charge in [0.2, 0.25) is 21.8 Å². The lowest BCUT2D eigenvalue weighted by Crippen LogP contribution is -2.52. The highest BCUT2D eigenvalue weighted by Gasteiger charge is 2.31. The summed E-state index contributed by atoms with van der Waals surface area (Å²) in [6.07, 6.45) is 4.84. The Balaban J connectivity index is 1.88. The number of rotatable bonds is 9. The molecule has 2 aromatic carbocycles. The molecule has 0 radical (unpaired) electrons. The molecule has 1 unspecified atom stereocenters. The molecular weight excluding hydrogens is 525 g/mol. The third-order valence-electron chi connectivity index (χ3n) is 5.96. The Morgan fingerprint density at radius 1 is 1.12 bits per heavy atom. The lowest BCUT2D eigenvalue weighted by Gasteiger charge is -2.32. The number of hydrogen-bond donors (Lipinski definition) is 1. The second-order valence-corrected chi connectivity index (χ2v) is 11.3. The molecule has 10 heteroatoms. The van der Waals surface area contributed by atoms with Crippen LogP contribution in [0.15, 0.2) is 53.0 Å². The summed E-state index contributed by atoms with van der Waals surface area (Å²) in [7, 11) is -3.81. The average Bonchev–Trinajstić information content (AvgIpc) is 3.29. The predicted octanol–water partition coefficient (Wildman–Crippen LogP) is 3.83. The zero-order chi connectivity index (χ0) is 24.9. The Morgan fingerprint density at radius 3 is 2.32 bits per heavy atom. The quantitative estimate of drug-likeness (QED) is 0.511. The number of amides is 2. The topological polar surface area (TPSA) is 86.8 Å². The van der Waals surface area contributed by atoms with E-state index in [0.717, 1.165) is 40.7 Å². The molecule has 1 aliphatic carbocycles. The molecule has 1 aliphatic rings. The van der Waals surface area contributed by atoms with E-state index >= 15 is 0 Å². The Morgan fingerprint density at radius 2 is 1.74 bits per heavy atom. The number of halogens is 2. The molecule has 0 saturated heterocycles. The number of nitrogens with one attached hydrogen (secondary N) is 1. The highest BCUT2D eigenvalue weighted by Crippen LogP contribution is 2.22. The van der Waals surface area contributed by atoms with Gasteiger partial charge in [0.25, 0.3) is 0 Å². The van der Waals surface area contributed by atoms with Gasteiger partial charge in [-0.05, 0) is 50.1 Å². The molecule has 0 aromatic heterocycles. The smallest absolute Gasteiger partial charge is 0.244 e. The second-order valence-electron chi connectivity index (χ2n) is 8.53. The van der Waals surface area contributed by atoms with Crippen molar-refractivity contribution in [2.75, 3.05) is 17.1 Å². The van der Waals surface area contributed by atoms with E-state index < -0.39 is 34.3 Å². The van der Waals surface area contributed by atoms with Crippen molar-refractivity contribution in [3.8, 4) is 0 Å². The lowest BCUT2D eigenvalue weighted by molar-refractivity contribution is -0.139. The van der Waals surface area contributed by atoms with E-state index in [2.05, 4.69) is 21.2 Å². The summed E-state index contributed by atoms with van der Waals surface area (Å²) < 4.78 is 41.2. The van der Waals surface area contributed by atoms with E-state index in [9.17, 15) is 22.4 Å². The Labute approximate surface area is 208 Å². The van der Waals surface area contributed by atoms with E-state index in [0.29, 0.717) is 5.69 Å². The van der Waals surface area contributed by atoms with Crippen molar-refractivity contribution in [3.05, 3.63) is 64.4 Å². The number of anilines is 1. The van der Waals surface area contributed by atoms with Crippen LogP contribution >= 0.6 is 15.9 Å². The third kappa shape index (κ3) is 6.79. The molecule has 34 heavy (non-hydrogen) atoms. The van der Waals surface area contributed by atoms with Gasteiger partial charge in [-0.3, -0.25) is 13.9 Å².